The Morgan fingerprint density at radius 1 is 0.518 bits per heavy atom. The third kappa shape index (κ3) is 37.4. The van der Waals surface area contributed by atoms with Crippen molar-refractivity contribution in [2.45, 2.75) is 213 Å². The van der Waals surface area contributed by atoms with Gasteiger partial charge in [-0.05, 0) is 57.7 Å². The fourth-order valence-electron chi connectivity index (χ4n) is 7.32. The van der Waals surface area contributed by atoms with E-state index < -0.39 is 10.9 Å². The van der Waals surface area contributed by atoms with Gasteiger partial charge in [-0.25, -0.2) is 0 Å². The summed E-state index contributed by atoms with van der Waals surface area (Å²) in [5, 5.41) is 30.3. The molecular weight excluding hydrogens is 779 g/mol. The van der Waals surface area contributed by atoms with Crippen LogP contribution in [0.5, 0.6) is 0 Å². The maximum Gasteiger partial charge on any atom is 0.290 e. The molecule has 1 aromatic carbocycles. The van der Waals surface area contributed by atoms with Crippen LogP contribution in [0.15, 0.2) is 9.59 Å². The minimum Gasteiger partial charge on any atom is -0.483 e. The molecule has 0 amide bonds. The summed E-state index contributed by atoms with van der Waals surface area (Å²) in [6, 6.07) is 0. The molecule has 1 radical (unpaired) electrons. The van der Waals surface area contributed by atoms with E-state index in [0.29, 0.717) is 31.1 Å². The molecule has 0 aliphatic heterocycles. The normalized spacial score (nSPS) is 10.9. The summed E-state index contributed by atoms with van der Waals surface area (Å²) >= 11 is 0. The van der Waals surface area contributed by atoms with Crippen LogP contribution < -0.4 is 21.5 Å². The fraction of sp³-hybridized carbons (Fsp3) is 0.891. The van der Waals surface area contributed by atoms with Gasteiger partial charge in [-0.15, -0.1) is 0 Å². The Hall–Kier alpha value is -0.866. The molecule has 1 aromatic rings. The Kier molecular flexibility index (Phi) is 51.5. The monoisotopic (exact) mass is 871 g/mol. The first-order chi connectivity index (χ1) is 26.9. The third-order valence-corrected chi connectivity index (χ3v) is 10.8. The molecule has 0 aliphatic rings. The predicted molar refractivity (Wildman–Crippen MR) is 238 cm³/mol. The van der Waals surface area contributed by atoms with Gasteiger partial charge in [0.2, 0.25) is 0 Å². The first kappa shape index (κ1) is 59.4. The molecule has 0 spiro atoms. The van der Waals surface area contributed by atoms with Gasteiger partial charge in [-0.3, -0.25) is 14.4 Å². The second-order valence-corrected chi connectivity index (χ2v) is 15.7. The third-order valence-electron chi connectivity index (χ3n) is 10.8. The van der Waals surface area contributed by atoms with Gasteiger partial charge in [0.25, 0.3) is 17.3 Å². The zero-order chi connectivity index (χ0) is 41.0. The molecular formula is C46H91N3O6Y. The molecule has 1 rings (SSSR count). The second kappa shape index (κ2) is 48.5. The van der Waals surface area contributed by atoms with Crippen molar-refractivity contribution in [2.24, 2.45) is 5.92 Å². The van der Waals surface area contributed by atoms with Gasteiger partial charge in [0.15, 0.2) is 0 Å². The number of hydrogen-bond acceptors (Lipinski definition) is 8. The van der Waals surface area contributed by atoms with Crippen molar-refractivity contribution in [1.82, 2.24) is 4.90 Å². The molecule has 0 bridgehead atoms. The zero-order valence-corrected chi connectivity index (χ0v) is 40.0. The van der Waals surface area contributed by atoms with Gasteiger partial charge in [0.1, 0.15) is 11.4 Å². The van der Waals surface area contributed by atoms with Crippen molar-refractivity contribution in [1.29, 1.82) is 0 Å². The maximum absolute atomic E-state index is 11.8. The SMILES string of the molecule is CCCCCCCCC(CCCCCCCC)CCCCCCCN(CCCCCCO)CCCNc1c(NC)c(=O)c1=O.CCCCCCCO.O=CO.[Y]. The first-order valence-corrected chi connectivity index (χ1v) is 23.2. The first-order valence-electron chi connectivity index (χ1n) is 23.2. The van der Waals surface area contributed by atoms with E-state index in [0.717, 1.165) is 51.2 Å². The van der Waals surface area contributed by atoms with E-state index in [1.807, 2.05) is 0 Å². The minimum atomic E-state index is -0.411. The maximum atomic E-state index is 11.8. The number of aliphatic hydroxyl groups excluding tert-OH is 2. The summed E-state index contributed by atoms with van der Waals surface area (Å²) in [5.41, 5.74) is 0.0676. The van der Waals surface area contributed by atoms with Crippen molar-refractivity contribution in [3.63, 3.8) is 0 Å². The van der Waals surface area contributed by atoms with Gasteiger partial charge >= 0.3 is 0 Å². The molecule has 0 heterocycles. The van der Waals surface area contributed by atoms with Gasteiger partial charge in [-0.2, -0.15) is 0 Å². The average molecular weight is 871 g/mol. The summed E-state index contributed by atoms with van der Waals surface area (Å²) in [7, 11) is 1.69. The average Bonchev–Trinajstić information content (AvgIpc) is 3.19. The Morgan fingerprint density at radius 3 is 1.21 bits per heavy atom. The van der Waals surface area contributed by atoms with Crippen LogP contribution in [0, 0.1) is 5.92 Å². The standard InChI is InChI=1S/C38H73N3O3.C7H16O.CH2O2.Y/c1-4-6-8-10-13-19-26-34(27-20-14-11-9-7-5-2)28-21-15-12-16-22-30-41(31-23-17-18-24-33-42)32-25-29-40-36-35(39-3)37(43)38(36)44;1-2-3-4-5-6-7-8;2-1-3;/h34,39-40,42H,4-33H2,1-3H3;8H,2-7H2,1H3;1H,(H,2,3);. The number of carboxylic acid groups (broad SMARTS) is 1. The number of hydrogen-bond donors (Lipinski definition) is 5. The minimum absolute atomic E-state index is 0. The molecule has 0 saturated heterocycles. The summed E-state index contributed by atoms with van der Waals surface area (Å²) in [6.07, 6.45) is 39.4. The van der Waals surface area contributed by atoms with Crippen LogP contribution in [0.2, 0.25) is 0 Å². The Morgan fingerprint density at radius 2 is 0.839 bits per heavy atom. The number of unbranched alkanes of at least 4 members (excludes halogenated alkanes) is 21. The van der Waals surface area contributed by atoms with Crippen LogP contribution in [-0.4, -0.2) is 73.1 Å². The topological polar surface area (TPSA) is 139 Å². The second-order valence-electron chi connectivity index (χ2n) is 15.7. The van der Waals surface area contributed by atoms with Crippen LogP contribution >= 0.6 is 0 Å². The molecule has 5 N–H and O–H groups in total. The van der Waals surface area contributed by atoms with E-state index in [9.17, 15) is 9.59 Å². The van der Waals surface area contributed by atoms with Crippen LogP contribution in [0.1, 0.15) is 213 Å². The molecule has 0 fully saturated rings. The van der Waals surface area contributed by atoms with E-state index in [1.54, 1.807) is 7.05 Å². The molecule has 0 aliphatic carbocycles. The van der Waals surface area contributed by atoms with Crippen molar-refractivity contribution < 1.29 is 52.8 Å². The van der Waals surface area contributed by atoms with Crippen LogP contribution in [0.3, 0.4) is 0 Å². The molecule has 329 valence electrons. The van der Waals surface area contributed by atoms with Crippen molar-refractivity contribution >= 4 is 17.8 Å². The Labute approximate surface area is 370 Å². The van der Waals surface area contributed by atoms with Gasteiger partial charge in [0, 0.05) is 59.5 Å². The summed E-state index contributed by atoms with van der Waals surface area (Å²) in [5.74, 6) is 0.954. The number of nitrogens with one attached hydrogen (secondary N) is 2. The number of rotatable bonds is 39. The molecule has 0 unspecified atom stereocenters. The molecule has 0 atom stereocenters. The molecule has 9 nitrogen and oxygen atoms in total. The largest absolute Gasteiger partial charge is 0.483 e. The molecule has 56 heavy (non-hydrogen) atoms. The quantitative estimate of drug-likeness (QED) is 0.0249. The fourth-order valence-corrected chi connectivity index (χ4v) is 7.32. The van der Waals surface area contributed by atoms with Crippen LogP contribution in [0.4, 0.5) is 11.4 Å². The number of carbonyl (C=O) groups is 1. The van der Waals surface area contributed by atoms with E-state index in [1.165, 1.54) is 167 Å². The van der Waals surface area contributed by atoms with Crippen molar-refractivity contribution in [2.75, 3.05) is 57.1 Å². The van der Waals surface area contributed by atoms with Gasteiger partial charge in [0.05, 0.1) is 0 Å². The molecule has 0 aromatic heterocycles. The van der Waals surface area contributed by atoms with Crippen LogP contribution in [-0.2, 0) is 37.5 Å². The van der Waals surface area contributed by atoms with Gasteiger partial charge in [-0.1, -0.05) is 181 Å². The van der Waals surface area contributed by atoms with Gasteiger partial charge < -0.3 is 30.9 Å². The van der Waals surface area contributed by atoms with Crippen molar-refractivity contribution in [3.8, 4) is 0 Å². The van der Waals surface area contributed by atoms with Crippen molar-refractivity contribution in [3.05, 3.63) is 20.4 Å². The Bertz CT molecular complexity index is 969. The summed E-state index contributed by atoms with van der Waals surface area (Å²) in [6.45, 7) is 11.2. The Balaban J connectivity index is -0.00000204. The van der Waals surface area contributed by atoms with E-state index in [-0.39, 0.29) is 39.2 Å². The summed E-state index contributed by atoms with van der Waals surface area (Å²) < 4.78 is 0. The molecule has 10 heteroatoms. The zero-order valence-electron chi connectivity index (χ0n) is 37.2. The number of anilines is 2. The van der Waals surface area contributed by atoms with E-state index >= 15 is 0 Å². The summed E-state index contributed by atoms with van der Waals surface area (Å²) in [4.78, 5) is 34.4. The van der Waals surface area contributed by atoms with Crippen LogP contribution in [0.25, 0.3) is 0 Å². The number of nitrogens with zero attached hydrogens (tertiary/aromatic N) is 1. The predicted octanol–water partition coefficient (Wildman–Crippen LogP) is 11.1. The van der Waals surface area contributed by atoms with E-state index in [4.69, 9.17) is 20.1 Å². The van der Waals surface area contributed by atoms with E-state index in [2.05, 4.69) is 36.3 Å². The molecule has 0 saturated carbocycles. The smallest absolute Gasteiger partial charge is 0.290 e. The number of aliphatic hydroxyl groups is 2.